The lowest BCUT2D eigenvalue weighted by Crippen LogP contribution is -2.39. The van der Waals surface area contributed by atoms with Crippen molar-refractivity contribution in [2.24, 2.45) is 11.8 Å². The first-order chi connectivity index (χ1) is 11.1. The van der Waals surface area contributed by atoms with E-state index in [1.54, 1.807) is 0 Å². The molecule has 1 amide bonds. The van der Waals surface area contributed by atoms with Gasteiger partial charge in [0.05, 0.1) is 25.7 Å². The van der Waals surface area contributed by atoms with Crippen molar-refractivity contribution in [3.05, 3.63) is 48.0 Å². The van der Waals surface area contributed by atoms with E-state index in [1.807, 2.05) is 35.3 Å². The molecule has 0 aromatic heterocycles. The molecule has 2 fully saturated rings. The Morgan fingerprint density at radius 3 is 2.91 bits per heavy atom. The predicted molar refractivity (Wildman–Crippen MR) is 82.5 cm³/mol. The smallest absolute Gasteiger partial charge is 0.312 e. The van der Waals surface area contributed by atoms with Gasteiger partial charge in [0.25, 0.3) is 0 Å². The molecule has 5 heteroatoms. The fourth-order valence-electron chi connectivity index (χ4n) is 4.08. The highest BCUT2D eigenvalue weighted by atomic mass is 16.5. The van der Waals surface area contributed by atoms with Crippen LogP contribution in [-0.2, 0) is 25.5 Å². The highest BCUT2D eigenvalue weighted by Gasteiger charge is 2.67. The second-order valence-electron chi connectivity index (χ2n) is 6.42. The van der Waals surface area contributed by atoms with Gasteiger partial charge in [0.2, 0.25) is 5.91 Å². The Bertz CT molecular complexity index is 671. The highest BCUT2D eigenvalue weighted by Crippen LogP contribution is 2.52. The molecule has 23 heavy (non-hydrogen) atoms. The molecule has 1 aromatic rings. The standard InChI is InChI=1S/C18H19NO4/c1-22-17(21)14-13-7-9-18(23-13)11-19(16(20)15(14)18)10-8-12-5-3-2-4-6-12/h2-7,9,13-15H,8,10-11H2,1H3/t13-,14-,15+,18-/m1/s1. The quantitative estimate of drug-likeness (QED) is 0.619. The Labute approximate surface area is 134 Å². The zero-order chi connectivity index (χ0) is 16.0. The molecule has 3 aliphatic rings. The summed E-state index contributed by atoms with van der Waals surface area (Å²) in [6, 6.07) is 10.1. The molecule has 120 valence electrons. The van der Waals surface area contributed by atoms with Crippen LogP contribution < -0.4 is 0 Å². The second kappa shape index (κ2) is 5.20. The topological polar surface area (TPSA) is 55.8 Å². The number of rotatable bonds is 4. The molecule has 0 aliphatic carbocycles. The van der Waals surface area contributed by atoms with Crippen LogP contribution in [-0.4, -0.2) is 48.7 Å². The number of methoxy groups -OCH3 is 1. The number of benzene rings is 1. The molecule has 3 heterocycles. The number of carbonyl (C=O) groups is 2. The minimum Gasteiger partial charge on any atom is -0.469 e. The molecular weight excluding hydrogens is 294 g/mol. The van der Waals surface area contributed by atoms with Gasteiger partial charge in [-0.15, -0.1) is 0 Å². The van der Waals surface area contributed by atoms with E-state index in [9.17, 15) is 9.59 Å². The van der Waals surface area contributed by atoms with E-state index in [-0.39, 0.29) is 18.0 Å². The molecule has 0 saturated carbocycles. The first-order valence-electron chi connectivity index (χ1n) is 7.92. The lowest BCUT2D eigenvalue weighted by atomic mass is 9.77. The number of likely N-dealkylation sites (tertiary alicyclic amines) is 1. The van der Waals surface area contributed by atoms with Crippen molar-refractivity contribution in [2.45, 2.75) is 18.1 Å². The van der Waals surface area contributed by atoms with Crippen LogP contribution in [0.25, 0.3) is 0 Å². The molecule has 0 N–H and O–H groups in total. The summed E-state index contributed by atoms with van der Waals surface area (Å²) in [5.74, 6) is -1.31. The molecule has 3 aliphatic heterocycles. The summed E-state index contributed by atoms with van der Waals surface area (Å²) < 4.78 is 10.9. The molecule has 2 saturated heterocycles. The Hall–Kier alpha value is -2.14. The average molecular weight is 313 g/mol. The third kappa shape index (κ3) is 2.10. The van der Waals surface area contributed by atoms with Crippen molar-refractivity contribution < 1.29 is 19.1 Å². The first kappa shape index (κ1) is 14.5. The van der Waals surface area contributed by atoms with Gasteiger partial charge >= 0.3 is 5.97 Å². The van der Waals surface area contributed by atoms with E-state index in [1.165, 1.54) is 12.7 Å². The van der Waals surface area contributed by atoms with Gasteiger partial charge in [0.1, 0.15) is 11.5 Å². The number of amides is 1. The monoisotopic (exact) mass is 313 g/mol. The number of nitrogens with zero attached hydrogens (tertiary/aromatic N) is 1. The summed E-state index contributed by atoms with van der Waals surface area (Å²) in [7, 11) is 1.36. The third-order valence-corrected chi connectivity index (χ3v) is 5.17. The number of ether oxygens (including phenoxy) is 2. The molecule has 1 aromatic carbocycles. The summed E-state index contributed by atoms with van der Waals surface area (Å²) in [6.07, 6.45) is 4.33. The van der Waals surface area contributed by atoms with Crippen LogP contribution in [0.15, 0.2) is 42.5 Å². The predicted octanol–water partition coefficient (Wildman–Crippen LogP) is 1.18. The third-order valence-electron chi connectivity index (χ3n) is 5.17. The molecule has 1 spiro atoms. The van der Waals surface area contributed by atoms with E-state index in [0.29, 0.717) is 13.1 Å². The van der Waals surface area contributed by atoms with Gasteiger partial charge < -0.3 is 14.4 Å². The maximum Gasteiger partial charge on any atom is 0.312 e. The lowest BCUT2D eigenvalue weighted by Gasteiger charge is -2.22. The van der Waals surface area contributed by atoms with E-state index in [2.05, 4.69) is 12.1 Å². The van der Waals surface area contributed by atoms with Gasteiger partial charge in [-0.1, -0.05) is 42.5 Å². The number of hydrogen-bond donors (Lipinski definition) is 0. The minimum atomic E-state index is -0.642. The maximum absolute atomic E-state index is 12.8. The Morgan fingerprint density at radius 2 is 2.17 bits per heavy atom. The second-order valence-corrected chi connectivity index (χ2v) is 6.42. The van der Waals surface area contributed by atoms with Crippen molar-refractivity contribution in [1.82, 2.24) is 4.90 Å². The lowest BCUT2D eigenvalue weighted by molar-refractivity contribution is -0.151. The van der Waals surface area contributed by atoms with Gasteiger partial charge in [-0.2, -0.15) is 0 Å². The van der Waals surface area contributed by atoms with Crippen LogP contribution >= 0.6 is 0 Å². The van der Waals surface area contributed by atoms with Crippen LogP contribution in [0.5, 0.6) is 0 Å². The fourth-order valence-corrected chi connectivity index (χ4v) is 4.08. The van der Waals surface area contributed by atoms with Gasteiger partial charge in [-0.3, -0.25) is 9.59 Å². The van der Waals surface area contributed by atoms with Crippen molar-refractivity contribution >= 4 is 11.9 Å². The normalized spacial score (nSPS) is 34.0. The van der Waals surface area contributed by atoms with Crippen LogP contribution in [0.3, 0.4) is 0 Å². The SMILES string of the molecule is COC(=O)[C@H]1[C@H]2C(=O)N(CCc3ccccc3)C[C@]23C=C[C@H]1O3. The highest BCUT2D eigenvalue weighted by molar-refractivity contribution is 5.91. The molecular formula is C18H19NO4. The molecule has 2 bridgehead atoms. The molecule has 5 nitrogen and oxygen atoms in total. The molecule has 4 atom stereocenters. The van der Waals surface area contributed by atoms with Crippen molar-refractivity contribution in [3.63, 3.8) is 0 Å². The van der Waals surface area contributed by atoms with Crippen molar-refractivity contribution in [2.75, 3.05) is 20.2 Å². The van der Waals surface area contributed by atoms with Gasteiger partial charge in [0.15, 0.2) is 0 Å². The largest absolute Gasteiger partial charge is 0.469 e. The molecule has 0 unspecified atom stereocenters. The number of fused-ring (bicyclic) bond motifs is 1. The van der Waals surface area contributed by atoms with Crippen LogP contribution in [0, 0.1) is 11.8 Å². The van der Waals surface area contributed by atoms with Gasteiger partial charge in [-0.05, 0) is 12.0 Å². The first-order valence-corrected chi connectivity index (χ1v) is 7.92. The van der Waals surface area contributed by atoms with E-state index in [4.69, 9.17) is 9.47 Å². The molecule has 0 radical (unpaired) electrons. The number of esters is 1. The fraction of sp³-hybridized carbons (Fsp3) is 0.444. The maximum atomic E-state index is 12.8. The summed E-state index contributed by atoms with van der Waals surface area (Å²) in [6.45, 7) is 1.15. The van der Waals surface area contributed by atoms with Crippen molar-refractivity contribution in [1.29, 1.82) is 0 Å². The Morgan fingerprint density at radius 1 is 1.39 bits per heavy atom. The summed E-state index contributed by atoms with van der Waals surface area (Å²) >= 11 is 0. The Kier molecular flexibility index (Phi) is 3.27. The van der Waals surface area contributed by atoms with Crippen molar-refractivity contribution in [3.8, 4) is 0 Å². The number of hydrogen-bond acceptors (Lipinski definition) is 4. The molecule has 4 rings (SSSR count). The zero-order valence-electron chi connectivity index (χ0n) is 13.0. The van der Waals surface area contributed by atoms with E-state index < -0.39 is 17.4 Å². The average Bonchev–Trinajstić information content (AvgIpc) is 3.21. The number of carbonyl (C=O) groups excluding carboxylic acids is 2. The van der Waals surface area contributed by atoms with E-state index in [0.717, 1.165) is 6.42 Å². The zero-order valence-corrected chi connectivity index (χ0v) is 13.0. The van der Waals surface area contributed by atoms with E-state index >= 15 is 0 Å². The van der Waals surface area contributed by atoms with Crippen LogP contribution in [0.2, 0.25) is 0 Å². The summed E-state index contributed by atoms with van der Waals surface area (Å²) in [5, 5.41) is 0. The summed E-state index contributed by atoms with van der Waals surface area (Å²) in [5.41, 5.74) is 0.553. The summed E-state index contributed by atoms with van der Waals surface area (Å²) in [4.78, 5) is 26.7. The van der Waals surface area contributed by atoms with Crippen LogP contribution in [0.1, 0.15) is 5.56 Å². The minimum absolute atomic E-state index is 0.00295. The Balaban J connectivity index is 1.52. The van der Waals surface area contributed by atoms with Crippen LogP contribution in [0.4, 0.5) is 0 Å². The van der Waals surface area contributed by atoms with Gasteiger partial charge in [0, 0.05) is 6.54 Å². The van der Waals surface area contributed by atoms with Gasteiger partial charge in [-0.25, -0.2) is 0 Å².